The van der Waals surface area contributed by atoms with Crippen molar-refractivity contribution in [2.45, 2.75) is 26.9 Å². The third-order valence-electron chi connectivity index (χ3n) is 3.28. The van der Waals surface area contributed by atoms with Gasteiger partial charge in [0.05, 0.1) is 13.7 Å². The first-order valence-electron chi connectivity index (χ1n) is 6.73. The van der Waals surface area contributed by atoms with E-state index in [-0.39, 0.29) is 6.61 Å². The number of rotatable bonds is 5. The van der Waals surface area contributed by atoms with Crippen molar-refractivity contribution >= 4 is 0 Å². The summed E-state index contributed by atoms with van der Waals surface area (Å²) >= 11 is 0. The highest BCUT2D eigenvalue weighted by Gasteiger charge is 2.08. The number of methoxy groups -OCH3 is 1. The topological polar surface area (TPSA) is 38.7 Å². The molecule has 3 heteroatoms. The van der Waals surface area contributed by atoms with E-state index in [1.54, 1.807) is 7.11 Å². The second-order valence-electron chi connectivity index (χ2n) is 4.70. The average molecular weight is 272 g/mol. The maximum absolute atomic E-state index is 9.12. The predicted octanol–water partition coefficient (Wildman–Crippen LogP) is 3.85. The number of hydrogen-bond acceptors (Lipinski definition) is 3. The summed E-state index contributed by atoms with van der Waals surface area (Å²) in [5, 5.41) is 9.12. The molecular formula is C17H20O3. The molecule has 2 aromatic carbocycles. The molecule has 0 aliphatic rings. The molecule has 0 unspecified atom stereocenters. The Morgan fingerprint density at radius 3 is 2.25 bits per heavy atom. The molecule has 0 fully saturated rings. The van der Waals surface area contributed by atoms with E-state index in [0.29, 0.717) is 5.75 Å². The number of hydrogen-bond donors (Lipinski definition) is 1. The molecular weight excluding hydrogens is 252 g/mol. The number of aryl methyl sites for hydroxylation is 2. The molecule has 106 valence electrons. The molecule has 2 rings (SSSR count). The molecule has 0 saturated carbocycles. The molecule has 0 spiro atoms. The minimum Gasteiger partial charge on any atom is -0.493 e. The van der Waals surface area contributed by atoms with Gasteiger partial charge in [-0.3, -0.25) is 0 Å². The van der Waals surface area contributed by atoms with Gasteiger partial charge in [0.15, 0.2) is 11.5 Å². The van der Waals surface area contributed by atoms with E-state index in [2.05, 4.69) is 6.92 Å². The van der Waals surface area contributed by atoms with Gasteiger partial charge in [-0.1, -0.05) is 25.1 Å². The molecule has 0 bridgehead atoms. The lowest BCUT2D eigenvalue weighted by Crippen LogP contribution is -1.94. The average Bonchev–Trinajstić information content (AvgIpc) is 2.49. The minimum absolute atomic E-state index is 0.0373. The van der Waals surface area contributed by atoms with Crippen LogP contribution in [0.5, 0.6) is 17.2 Å². The summed E-state index contributed by atoms with van der Waals surface area (Å²) in [6.45, 7) is 4.10. The van der Waals surface area contributed by atoms with Gasteiger partial charge >= 0.3 is 0 Å². The van der Waals surface area contributed by atoms with Crippen LogP contribution in [0.4, 0.5) is 0 Å². The Bertz CT molecular complexity index is 591. The monoisotopic (exact) mass is 272 g/mol. The zero-order valence-electron chi connectivity index (χ0n) is 12.1. The summed E-state index contributed by atoms with van der Waals surface area (Å²) in [7, 11) is 1.64. The van der Waals surface area contributed by atoms with Gasteiger partial charge < -0.3 is 14.6 Å². The first-order valence-corrected chi connectivity index (χ1v) is 6.73. The normalized spacial score (nSPS) is 10.4. The first-order chi connectivity index (χ1) is 9.67. The maximum atomic E-state index is 9.12. The zero-order valence-corrected chi connectivity index (χ0v) is 12.1. The summed E-state index contributed by atoms with van der Waals surface area (Å²) in [5.41, 5.74) is 3.07. The van der Waals surface area contributed by atoms with Gasteiger partial charge in [-0.15, -0.1) is 0 Å². The maximum Gasteiger partial charge on any atom is 0.169 e. The molecule has 0 radical (unpaired) electrons. The van der Waals surface area contributed by atoms with E-state index < -0.39 is 0 Å². The highest BCUT2D eigenvalue weighted by Crippen LogP contribution is 2.34. The molecule has 0 heterocycles. The van der Waals surface area contributed by atoms with Crippen LogP contribution in [0.2, 0.25) is 0 Å². The van der Waals surface area contributed by atoms with Crippen LogP contribution in [0.3, 0.4) is 0 Å². The third kappa shape index (κ3) is 3.11. The van der Waals surface area contributed by atoms with E-state index in [0.717, 1.165) is 29.0 Å². The van der Waals surface area contributed by atoms with Crippen molar-refractivity contribution in [2.24, 2.45) is 0 Å². The van der Waals surface area contributed by atoms with Crippen LogP contribution in [-0.4, -0.2) is 12.2 Å². The quantitative estimate of drug-likeness (QED) is 0.898. The molecule has 2 aromatic rings. The number of aliphatic hydroxyl groups is 1. The second-order valence-corrected chi connectivity index (χ2v) is 4.70. The van der Waals surface area contributed by atoms with Crippen molar-refractivity contribution < 1.29 is 14.6 Å². The fraction of sp³-hybridized carbons (Fsp3) is 0.294. The Hall–Kier alpha value is -2.00. The first kappa shape index (κ1) is 14.4. The van der Waals surface area contributed by atoms with E-state index in [9.17, 15) is 0 Å². The van der Waals surface area contributed by atoms with E-state index in [1.165, 1.54) is 5.56 Å². The van der Waals surface area contributed by atoms with Crippen LogP contribution in [0.15, 0.2) is 36.4 Å². The van der Waals surface area contributed by atoms with Gasteiger partial charge in [0.1, 0.15) is 5.75 Å². The van der Waals surface area contributed by atoms with Gasteiger partial charge in [0, 0.05) is 0 Å². The summed E-state index contributed by atoms with van der Waals surface area (Å²) in [6, 6.07) is 11.6. The predicted molar refractivity (Wildman–Crippen MR) is 79.5 cm³/mol. The van der Waals surface area contributed by atoms with Crippen LogP contribution < -0.4 is 9.47 Å². The van der Waals surface area contributed by atoms with Gasteiger partial charge in [-0.05, 0) is 48.2 Å². The summed E-state index contributed by atoms with van der Waals surface area (Å²) in [5.74, 6) is 2.20. The lowest BCUT2D eigenvalue weighted by molar-refractivity contribution is 0.281. The van der Waals surface area contributed by atoms with E-state index >= 15 is 0 Å². The summed E-state index contributed by atoms with van der Waals surface area (Å²) < 4.78 is 11.3. The summed E-state index contributed by atoms with van der Waals surface area (Å²) in [4.78, 5) is 0. The molecule has 0 aliphatic carbocycles. The third-order valence-corrected chi connectivity index (χ3v) is 3.28. The Morgan fingerprint density at radius 2 is 1.65 bits per heavy atom. The molecule has 3 nitrogen and oxygen atoms in total. The van der Waals surface area contributed by atoms with Crippen molar-refractivity contribution in [1.82, 2.24) is 0 Å². The van der Waals surface area contributed by atoms with Gasteiger partial charge in [-0.25, -0.2) is 0 Å². The lowest BCUT2D eigenvalue weighted by Gasteiger charge is -2.13. The molecule has 0 aromatic heterocycles. The van der Waals surface area contributed by atoms with Crippen LogP contribution >= 0.6 is 0 Å². The zero-order chi connectivity index (χ0) is 14.5. The van der Waals surface area contributed by atoms with Crippen molar-refractivity contribution in [2.75, 3.05) is 7.11 Å². The van der Waals surface area contributed by atoms with Gasteiger partial charge in [-0.2, -0.15) is 0 Å². The molecule has 0 atom stereocenters. The number of ether oxygens (including phenoxy) is 2. The molecule has 1 N–H and O–H groups in total. The van der Waals surface area contributed by atoms with Crippen molar-refractivity contribution in [3.63, 3.8) is 0 Å². The molecule has 0 saturated heterocycles. The van der Waals surface area contributed by atoms with Crippen LogP contribution in [0, 0.1) is 6.92 Å². The van der Waals surface area contributed by atoms with Gasteiger partial charge in [0.2, 0.25) is 0 Å². The van der Waals surface area contributed by atoms with E-state index in [4.69, 9.17) is 14.6 Å². The summed E-state index contributed by atoms with van der Waals surface area (Å²) in [6.07, 6.45) is 0.959. The smallest absolute Gasteiger partial charge is 0.169 e. The SMILES string of the molecule is CCc1ccc(Oc2ccc(CO)cc2C)c(OC)c1. The number of benzene rings is 2. The van der Waals surface area contributed by atoms with E-state index in [1.807, 2.05) is 43.3 Å². The van der Waals surface area contributed by atoms with Crippen LogP contribution in [0.1, 0.15) is 23.6 Å². The fourth-order valence-corrected chi connectivity index (χ4v) is 2.06. The lowest BCUT2D eigenvalue weighted by atomic mass is 10.1. The highest BCUT2D eigenvalue weighted by atomic mass is 16.5. The molecule has 0 aliphatic heterocycles. The van der Waals surface area contributed by atoms with Gasteiger partial charge in [0.25, 0.3) is 0 Å². The Morgan fingerprint density at radius 1 is 0.950 bits per heavy atom. The Balaban J connectivity index is 2.29. The van der Waals surface area contributed by atoms with Crippen LogP contribution in [0.25, 0.3) is 0 Å². The largest absolute Gasteiger partial charge is 0.493 e. The fourth-order valence-electron chi connectivity index (χ4n) is 2.06. The standard InChI is InChI=1S/C17H20O3/c1-4-13-5-8-16(17(10-13)19-3)20-15-7-6-14(11-18)9-12(15)2/h5-10,18H,4,11H2,1-3H3. The van der Waals surface area contributed by atoms with Crippen molar-refractivity contribution in [1.29, 1.82) is 0 Å². The number of aliphatic hydroxyl groups excluding tert-OH is 1. The Kier molecular flexibility index (Phi) is 4.64. The molecule has 0 amide bonds. The van der Waals surface area contributed by atoms with Crippen molar-refractivity contribution in [3.05, 3.63) is 53.1 Å². The van der Waals surface area contributed by atoms with Crippen LogP contribution in [-0.2, 0) is 13.0 Å². The second kappa shape index (κ2) is 6.44. The highest BCUT2D eigenvalue weighted by molar-refractivity contribution is 5.47. The molecule has 20 heavy (non-hydrogen) atoms. The Labute approximate surface area is 119 Å². The minimum atomic E-state index is 0.0373. The van der Waals surface area contributed by atoms with Crippen molar-refractivity contribution in [3.8, 4) is 17.2 Å².